The fraction of sp³-hybridized carbons (Fsp3) is 0.286. The molecule has 0 aliphatic rings. The van der Waals surface area contributed by atoms with Gasteiger partial charge in [0.1, 0.15) is 16.3 Å². The zero-order valence-electron chi connectivity index (χ0n) is 12.0. The van der Waals surface area contributed by atoms with E-state index in [1.807, 2.05) is 6.92 Å². The standard InChI is InChI=1S/C14H15N5OS/c1-5-9(2)17-14(20)19(4)13-10(3)18-12(21-13)11-6-15-8-16-7-11/h1,6-9H,2-4H3,(H,17,20). The Morgan fingerprint density at radius 1 is 1.48 bits per heavy atom. The predicted octanol–water partition coefficient (Wildman–Crippen LogP) is 2.08. The number of urea groups is 1. The van der Waals surface area contributed by atoms with E-state index < -0.39 is 0 Å². The first-order chi connectivity index (χ1) is 10.0. The number of aryl methyl sites for hydroxylation is 1. The van der Waals surface area contributed by atoms with Gasteiger partial charge in [0, 0.05) is 25.0 Å². The number of nitrogens with one attached hydrogen (secondary N) is 1. The Balaban J connectivity index is 2.23. The minimum absolute atomic E-state index is 0.261. The molecular weight excluding hydrogens is 286 g/mol. The molecule has 7 heteroatoms. The summed E-state index contributed by atoms with van der Waals surface area (Å²) in [5, 5.41) is 4.24. The average Bonchev–Trinajstić information content (AvgIpc) is 2.89. The van der Waals surface area contributed by atoms with E-state index in [9.17, 15) is 4.79 Å². The van der Waals surface area contributed by atoms with Crippen LogP contribution in [0, 0.1) is 19.3 Å². The summed E-state index contributed by atoms with van der Waals surface area (Å²) in [6.45, 7) is 3.60. The first-order valence-corrected chi connectivity index (χ1v) is 7.07. The van der Waals surface area contributed by atoms with Gasteiger partial charge >= 0.3 is 6.03 Å². The SMILES string of the molecule is C#CC(C)NC(=O)N(C)c1sc(-c2cncnc2)nc1C. The first-order valence-electron chi connectivity index (χ1n) is 6.26. The van der Waals surface area contributed by atoms with Gasteiger partial charge in [-0.3, -0.25) is 4.90 Å². The summed E-state index contributed by atoms with van der Waals surface area (Å²) < 4.78 is 0. The Hall–Kier alpha value is -2.46. The highest BCUT2D eigenvalue weighted by Crippen LogP contribution is 2.33. The second-order valence-corrected chi connectivity index (χ2v) is 5.41. The molecule has 2 aromatic heterocycles. The van der Waals surface area contributed by atoms with Crippen LogP contribution in [0.15, 0.2) is 18.7 Å². The van der Waals surface area contributed by atoms with Crippen molar-refractivity contribution >= 4 is 22.4 Å². The van der Waals surface area contributed by atoms with Crippen LogP contribution in [0.4, 0.5) is 9.80 Å². The Morgan fingerprint density at radius 3 is 2.76 bits per heavy atom. The maximum Gasteiger partial charge on any atom is 0.323 e. The molecule has 2 amide bonds. The number of hydrogen-bond donors (Lipinski definition) is 1. The molecule has 0 saturated heterocycles. The van der Waals surface area contributed by atoms with Crippen LogP contribution in [-0.2, 0) is 0 Å². The van der Waals surface area contributed by atoms with Crippen molar-refractivity contribution in [1.82, 2.24) is 20.3 Å². The van der Waals surface area contributed by atoms with E-state index in [1.54, 1.807) is 26.4 Å². The third kappa shape index (κ3) is 3.35. The molecule has 21 heavy (non-hydrogen) atoms. The quantitative estimate of drug-likeness (QED) is 0.881. The lowest BCUT2D eigenvalue weighted by Gasteiger charge is -2.18. The van der Waals surface area contributed by atoms with Gasteiger partial charge in [-0.05, 0) is 13.8 Å². The van der Waals surface area contributed by atoms with Gasteiger partial charge in [0.05, 0.1) is 11.7 Å². The number of amides is 2. The second-order valence-electron chi connectivity index (χ2n) is 4.43. The maximum absolute atomic E-state index is 12.1. The van der Waals surface area contributed by atoms with Crippen molar-refractivity contribution in [3.63, 3.8) is 0 Å². The summed E-state index contributed by atoms with van der Waals surface area (Å²) in [7, 11) is 1.68. The van der Waals surface area contributed by atoms with E-state index in [0.717, 1.165) is 21.3 Å². The second kappa shape index (κ2) is 6.33. The molecule has 0 aliphatic carbocycles. The number of terminal acetylenes is 1. The van der Waals surface area contributed by atoms with Gasteiger partial charge in [-0.2, -0.15) is 0 Å². The lowest BCUT2D eigenvalue weighted by atomic mass is 10.3. The molecule has 2 heterocycles. The topological polar surface area (TPSA) is 71.0 Å². The minimum Gasteiger partial charge on any atom is -0.324 e. The van der Waals surface area contributed by atoms with Crippen LogP contribution in [0.1, 0.15) is 12.6 Å². The molecule has 1 unspecified atom stereocenters. The largest absolute Gasteiger partial charge is 0.324 e. The van der Waals surface area contributed by atoms with Crippen molar-refractivity contribution in [1.29, 1.82) is 0 Å². The van der Waals surface area contributed by atoms with Gasteiger partial charge < -0.3 is 5.32 Å². The van der Waals surface area contributed by atoms with E-state index in [-0.39, 0.29) is 12.1 Å². The molecule has 2 rings (SSSR count). The van der Waals surface area contributed by atoms with Crippen LogP contribution in [-0.4, -0.2) is 34.1 Å². The van der Waals surface area contributed by atoms with Crippen molar-refractivity contribution in [2.24, 2.45) is 0 Å². The summed E-state index contributed by atoms with van der Waals surface area (Å²) in [5.41, 5.74) is 1.59. The number of rotatable bonds is 3. The highest BCUT2D eigenvalue weighted by Gasteiger charge is 2.19. The molecule has 0 fully saturated rings. The monoisotopic (exact) mass is 301 g/mol. The Morgan fingerprint density at radius 2 is 2.14 bits per heavy atom. The first kappa shape index (κ1) is 14.9. The summed E-state index contributed by atoms with van der Waals surface area (Å²) in [4.78, 5) is 26.0. The molecule has 0 bridgehead atoms. The number of carbonyl (C=O) groups excluding carboxylic acids is 1. The highest BCUT2D eigenvalue weighted by molar-refractivity contribution is 7.19. The summed E-state index contributed by atoms with van der Waals surface area (Å²) in [6, 6.07) is -0.585. The Bertz CT molecular complexity index is 676. The van der Waals surface area contributed by atoms with Crippen molar-refractivity contribution < 1.29 is 4.79 Å². The molecule has 0 radical (unpaired) electrons. The van der Waals surface area contributed by atoms with E-state index in [2.05, 4.69) is 26.2 Å². The summed E-state index contributed by atoms with van der Waals surface area (Å²) in [5.74, 6) is 2.46. The smallest absolute Gasteiger partial charge is 0.323 e. The van der Waals surface area contributed by atoms with Crippen molar-refractivity contribution in [3.8, 4) is 22.9 Å². The molecular formula is C14H15N5OS. The van der Waals surface area contributed by atoms with Crippen LogP contribution in [0.2, 0.25) is 0 Å². The molecule has 1 N–H and O–H groups in total. The van der Waals surface area contributed by atoms with E-state index in [0.29, 0.717) is 0 Å². The van der Waals surface area contributed by atoms with Gasteiger partial charge in [0.25, 0.3) is 0 Å². The Labute approximate surface area is 127 Å². The highest BCUT2D eigenvalue weighted by atomic mass is 32.1. The summed E-state index contributed by atoms with van der Waals surface area (Å²) >= 11 is 1.41. The van der Waals surface area contributed by atoms with Crippen LogP contribution < -0.4 is 10.2 Å². The zero-order valence-corrected chi connectivity index (χ0v) is 12.8. The minimum atomic E-state index is -0.324. The van der Waals surface area contributed by atoms with E-state index >= 15 is 0 Å². The molecule has 2 aromatic rings. The number of hydrogen-bond acceptors (Lipinski definition) is 5. The average molecular weight is 301 g/mol. The van der Waals surface area contributed by atoms with Crippen molar-refractivity contribution in [2.75, 3.05) is 11.9 Å². The normalized spacial score (nSPS) is 11.5. The number of anilines is 1. The third-order valence-electron chi connectivity index (χ3n) is 2.78. The number of nitrogens with zero attached hydrogens (tertiary/aromatic N) is 4. The van der Waals surface area contributed by atoms with Crippen LogP contribution in [0.3, 0.4) is 0 Å². The zero-order chi connectivity index (χ0) is 15.4. The lowest BCUT2D eigenvalue weighted by molar-refractivity contribution is 0.246. The predicted molar refractivity (Wildman–Crippen MR) is 83.1 cm³/mol. The van der Waals surface area contributed by atoms with E-state index in [4.69, 9.17) is 6.42 Å². The number of thiazole rings is 1. The molecule has 0 saturated carbocycles. The van der Waals surface area contributed by atoms with E-state index in [1.165, 1.54) is 22.6 Å². The van der Waals surface area contributed by atoms with Crippen molar-refractivity contribution in [2.45, 2.75) is 19.9 Å². The molecule has 1 atom stereocenters. The summed E-state index contributed by atoms with van der Waals surface area (Å²) in [6.07, 6.45) is 10.1. The molecule has 108 valence electrons. The lowest BCUT2D eigenvalue weighted by Crippen LogP contribution is -2.41. The fourth-order valence-electron chi connectivity index (χ4n) is 1.65. The van der Waals surface area contributed by atoms with Gasteiger partial charge in [0.15, 0.2) is 0 Å². The van der Waals surface area contributed by atoms with Crippen LogP contribution in [0.25, 0.3) is 10.6 Å². The van der Waals surface area contributed by atoms with Crippen LogP contribution in [0.5, 0.6) is 0 Å². The van der Waals surface area contributed by atoms with Crippen LogP contribution >= 0.6 is 11.3 Å². The number of carbonyl (C=O) groups is 1. The molecule has 6 nitrogen and oxygen atoms in total. The molecule has 0 aliphatic heterocycles. The fourth-order valence-corrected chi connectivity index (χ4v) is 2.65. The third-order valence-corrected chi connectivity index (χ3v) is 4.06. The van der Waals surface area contributed by atoms with Gasteiger partial charge in [-0.1, -0.05) is 17.3 Å². The number of aromatic nitrogens is 3. The maximum atomic E-state index is 12.1. The van der Waals surface area contributed by atoms with Gasteiger partial charge in [-0.25, -0.2) is 19.7 Å². The molecule has 0 aromatic carbocycles. The molecule has 0 spiro atoms. The Kier molecular flexibility index (Phi) is 4.50. The van der Waals surface area contributed by atoms with Gasteiger partial charge in [0.2, 0.25) is 0 Å². The van der Waals surface area contributed by atoms with Crippen molar-refractivity contribution in [3.05, 3.63) is 24.4 Å². The van der Waals surface area contributed by atoms with Gasteiger partial charge in [-0.15, -0.1) is 6.42 Å².